The number of amides is 2. The second kappa shape index (κ2) is 8.52. The zero-order chi connectivity index (χ0) is 21.1. The van der Waals surface area contributed by atoms with E-state index in [2.05, 4.69) is 22.4 Å². The summed E-state index contributed by atoms with van der Waals surface area (Å²) in [6.07, 6.45) is 2.39. The lowest BCUT2D eigenvalue weighted by Gasteiger charge is -2.34. The molecule has 3 heterocycles. The maximum atomic E-state index is 13.1. The molecule has 1 aliphatic rings. The first kappa shape index (κ1) is 19.9. The summed E-state index contributed by atoms with van der Waals surface area (Å²) in [6.45, 7) is 6.32. The summed E-state index contributed by atoms with van der Waals surface area (Å²) in [5.74, 6) is 0.0177. The van der Waals surface area contributed by atoms with Crippen molar-refractivity contribution in [2.24, 2.45) is 0 Å². The zero-order valence-electron chi connectivity index (χ0n) is 17.2. The van der Waals surface area contributed by atoms with Crippen molar-refractivity contribution in [3.8, 4) is 0 Å². The van der Waals surface area contributed by atoms with Gasteiger partial charge in [0.2, 0.25) is 5.76 Å². The molecular formula is C22H25N5O3. The maximum Gasteiger partial charge on any atom is 0.292 e. The lowest BCUT2D eigenvalue weighted by atomic mass is 10.1. The molecule has 4 rings (SSSR count). The van der Waals surface area contributed by atoms with Crippen LogP contribution in [0.5, 0.6) is 0 Å². The van der Waals surface area contributed by atoms with E-state index in [0.717, 1.165) is 17.7 Å². The smallest absolute Gasteiger partial charge is 0.292 e. The minimum absolute atomic E-state index is 0.0335. The predicted molar refractivity (Wildman–Crippen MR) is 110 cm³/mol. The van der Waals surface area contributed by atoms with Crippen molar-refractivity contribution < 1.29 is 14.1 Å². The van der Waals surface area contributed by atoms with Crippen LogP contribution in [0.2, 0.25) is 0 Å². The number of hydrogen-bond donors (Lipinski definition) is 0. The highest BCUT2D eigenvalue weighted by molar-refractivity contribution is 5.96. The van der Waals surface area contributed by atoms with Gasteiger partial charge in [-0.25, -0.2) is 0 Å². The Hall–Kier alpha value is -3.42. The molecule has 8 nitrogen and oxygen atoms in total. The third-order valence-electron chi connectivity index (χ3n) is 5.38. The van der Waals surface area contributed by atoms with Gasteiger partial charge in [0.25, 0.3) is 11.8 Å². The fourth-order valence-corrected chi connectivity index (χ4v) is 3.76. The number of carbonyl (C=O) groups is 2. The Morgan fingerprint density at radius 2 is 1.70 bits per heavy atom. The maximum absolute atomic E-state index is 13.1. The molecule has 30 heavy (non-hydrogen) atoms. The molecule has 1 fully saturated rings. The van der Waals surface area contributed by atoms with Crippen LogP contribution in [0, 0.1) is 6.92 Å². The number of carbonyl (C=O) groups excluding carboxylic acids is 2. The van der Waals surface area contributed by atoms with Crippen molar-refractivity contribution in [2.75, 3.05) is 26.2 Å². The number of nitrogens with zero attached hydrogens (tertiary/aromatic N) is 5. The molecule has 1 aliphatic heterocycles. The standard InChI is InChI=1S/C22H25N5O3/c1-3-19-18(14-23-27(19)15-17-7-5-4-6-8-17)21(28)25-9-11-26(12-10-25)22(29)20-13-16(2)24-30-20/h4-8,13-14H,3,9-12,15H2,1-2H3. The molecule has 0 radical (unpaired) electrons. The van der Waals surface area contributed by atoms with Crippen molar-refractivity contribution in [2.45, 2.75) is 26.8 Å². The van der Waals surface area contributed by atoms with E-state index >= 15 is 0 Å². The molecule has 1 saturated heterocycles. The van der Waals surface area contributed by atoms with E-state index in [0.29, 0.717) is 44.0 Å². The molecule has 2 amide bonds. The average Bonchev–Trinajstić information content (AvgIpc) is 3.39. The van der Waals surface area contributed by atoms with Gasteiger partial charge in [0.15, 0.2) is 0 Å². The third kappa shape index (κ3) is 3.98. The number of hydrogen-bond acceptors (Lipinski definition) is 5. The lowest BCUT2D eigenvalue weighted by molar-refractivity contribution is 0.0512. The summed E-state index contributed by atoms with van der Waals surface area (Å²) in [4.78, 5) is 29.1. The number of piperazine rings is 1. The first-order valence-electron chi connectivity index (χ1n) is 10.2. The zero-order valence-corrected chi connectivity index (χ0v) is 17.2. The van der Waals surface area contributed by atoms with Gasteiger partial charge in [-0.3, -0.25) is 14.3 Å². The van der Waals surface area contributed by atoms with Crippen molar-refractivity contribution in [1.29, 1.82) is 0 Å². The minimum Gasteiger partial charge on any atom is -0.351 e. The van der Waals surface area contributed by atoms with Crippen molar-refractivity contribution in [3.63, 3.8) is 0 Å². The van der Waals surface area contributed by atoms with E-state index in [1.54, 1.807) is 29.0 Å². The van der Waals surface area contributed by atoms with E-state index in [1.807, 2.05) is 29.8 Å². The molecule has 0 saturated carbocycles. The number of aromatic nitrogens is 3. The van der Waals surface area contributed by atoms with Crippen LogP contribution in [0.4, 0.5) is 0 Å². The Bertz CT molecular complexity index is 1030. The van der Waals surface area contributed by atoms with Crippen LogP contribution in [0.1, 0.15) is 44.8 Å². The first-order valence-corrected chi connectivity index (χ1v) is 10.2. The van der Waals surface area contributed by atoms with E-state index in [4.69, 9.17) is 4.52 Å². The Morgan fingerprint density at radius 3 is 2.30 bits per heavy atom. The van der Waals surface area contributed by atoms with Gasteiger partial charge < -0.3 is 14.3 Å². The van der Waals surface area contributed by atoms with Gasteiger partial charge in [-0.05, 0) is 18.9 Å². The fourth-order valence-electron chi connectivity index (χ4n) is 3.76. The first-order chi connectivity index (χ1) is 14.6. The van der Waals surface area contributed by atoms with Crippen molar-refractivity contribution in [1.82, 2.24) is 24.7 Å². The quantitative estimate of drug-likeness (QED) is 0.648. The Morgan fingerprint density at radius 1 is 1.03 bits per heavy atom. The summed E-state index contributed by atoms with van der Waals surface area (Å²) >= 11 is 0. The van der Waals surface area contributed by atoms with Crippen LogP contribution < -0.4 is 0 Å². The van der Waals surface area contributed by atoms with Crippen LogP contribution in [-0.4, -0.2) is 62.7 Å². The topological polar surface area (TPSA) is 84.5 Å². The van der Waals surface area contributed by atoms with E-state index in [9.17, 15) is 9.59 Å². The summed E-state index contributed by atoms with van der Waals surface area (Å²) in [6, 6.07) is 11.7. The number of rotatable bonds is 5. The molecule has 2 aromatic heterocycles. The summed E-state index contributed by atoms with van der Waals surface area (Å²) < 4.78 is 6.97. The third-order valence-corrected chi connectivity index (χ3v) is 5.38. The highest BCUT2D eigenvalue weighted by atomic mass is 16.5. The summed E-state index contributed by atoms with van der Waals surface area (Å²) in [7, 11) is 0. The molecule has 8 heteroatoms. The normalized spacial score (nSPS) is 14.2. The van der Waals surface area contributed by atoms with Crippen LogP contribution in [0.3, 0.4) is 0 Å². The SMILES string of the molecule is CCc1c(C(=O)N2CCN(C(=O)c3cc(C)no3)CC2)cnn1Cc1ccccc1. The largest absolute Gasteiger partial charge is 0.351 e. The summed E-state index contributed by atoms with van der Waals surface area (Å²) in [5.41, 5.74) is 3.38. The van der Waals surface area contributed by atoms with Crippen molar-refractivity contribution >= 4 is 11.8 Å². The molecule has 0 atom stereocenters. The second-order valence-corrected chi connectivity index (χ2v) is 7.42. The van der Waals surface area contributed by atoms with Crippen LogP contribution in [0.15, 0.2) is 47.1 Å². The predicted octanol–water partition coefficient (Wildman–Crippen LogP) is 2.39. The van der Waals surface area contributed by atoms with Crippen LogP contribution in [-0.2, 0) is 13.0 Å². The van der Waals surface area contributed by atoms with Gasteiger partial charge in [0.05, 0.1) is 29.7 Å². The molecular weight excluding hydrogens is 382 g/mol. The van der Waals surface area contributed by atoms with Gasteiger partial charge in [-0.15, -0.1) is 0 Å². The molecule has 3 aromatic rings. The summed E-state index contributed by atoms with van der Waals surface area (Å²) in [5, 5.41) is 8.24. The fraction of sp³-hybridized carbons (Fsp3) is 0.364. The number of benzene rings is 1. The van der Waals surface area contributed by atoms with Gasteiger partial charge in [-0.2, -0.15) is 5.10 Å². The minimum atomic E-state index is -0.187. The molecule has 0 aliphatic carbocycles. The van der Waals surface area contributed by atoms with Gasteiger partial charge >= 0.3 is 0 Å². The monoisotopic (exact) mass is 407 g/mol. The molecule has 0 N–H and O–H groups in total. The van der Waals surface area contributed by atoms with Gasteiger partial charge in [0.1, 0.15) is 0 Å². The molecule has 156 valence electrons. The molecule has 0 unspecified atom stereocenters. The van der Waals surface area contributed by atoms with Crippen LogP contribution >= 0.6 is 0 Å². The Balaban J connectivity index is 1.42. The molecule has 1 aromatic carbocycles. The van der Waals surface area contributed by atoms with E-state index < -0.39 is 0 Å². The molecule has 0 spiro atoms. The van der Waals surface area contributed by atoms with Crippen LogP contribution in [0.25, 0.3) is 0 Å². The van der Waals surface area contributed by atoms with Crippen molar-refractivity contribution in [3.05, 3.63) is 70.9 Å². The van der Waals surface area contributed by atoms with Gasteiger partial charge in [0, 0.05) is 32.2 Å². The second-order valence-electron chi connectivity index (χ2n) is 7.42. The lowest BCUT2D eigenvalue weighted by Crippen LogP contribution is -2.50. The molecule has 0 bridgehead atoms. The average molecular weight is 407 g/mol. The Labute approximate surface area is 175 Å². The van der Waals surface area contributed by atoms with E-state index in [-0.39, 0.29) is 17.6 Å². The van der Waals surface area contributed by atoms with Gasteiger partial charge in [-0.1, -0.05) is 42.4 Å². The highest BCUT2D eigenvalue weighted by Gasteiger charge is 2.29. The Kier molecular flexibility index (Phi) is 5.65. The number of aryl methyl sites for hydroxylation is 1. The van der Waals surface area contributed by atoms with E-state index in [1.165, 1.54) is 0 Å². The highest BCUT2D eigenvalue weighted by Crippen LogP contribution is 2.17.